The molecule has 1 aromatic heterocycles. The Morgan fingerprint density at radius 2 is 1.68 bits per heavy atom. The maximum absolute atomic E-state index is 6.26. The van der Waals surface area contributed by atoms with Gasteiger partial charge in [0.15, 0.2) is 0 Å². The largest absolute Gasteiger partial charge is 0.496 e. The van der Waals surface area contributed by atoms with Crippen LogP contribution in [0.15, 0.2) is 42.5 Å². The number of aromatic nitrogens is 1. The van der Waals surface area contributed by atoms with Gasteiger partial charge in [0.2, 0.25) is 0 Å². The van der Waals surface area contributed by atoms with E-state index in [1.807, 2.05) is 30.3 Å². The predicted octanol–water partition coefficient (Wildman–Crippen LogP) is 4.88. The van der Waals surface area contributed by atoms with Gasteiger partial charge in [-0.05, 0) is 30.7 Å². The van der Waals surface area contributed by atoms with Gasteiger partial charge in [0, 0.05) is 17.0 Å². The van der Waals surface area contributed by atoms with E-state index in [2.05, 4.69) is 13.0 Å². The molecule has 3 nitrogen and oxygen atoms in total. The quantitative estimate of drug-likeness (QED) is 0.690. The fourth-order valence-electron chi connectivity index (χ4n) is 2.55. The lowest BCUT2D eigenvalue weighted by atomic mass is 10.0. The fourth-order valence-corrected chi connectivity index (χ4v) is 2.79. The molecule has 0 aliphatic heterocycles. The minimum absolute atomic E-state index is 0.533. The second kappa shape index (κ2) is 5.85. The van der Waals surface area contributed by atoms with Gasteiger partial charge in [-0.15, -0.1) is 0 Å². The van der Waals surface area contributed by atoms with E-state index in [1.54, 1.807) is 20.3 Å². The highest BCUT2D eigenvalue weighted by molar-refractivity contribution is 6.32. The Labute approximate surface area is 134 Å². The molecule has 112 valence electrons. The van der Waals surface area contributed by atoms with Gasteiger partial charge in [-0.25, -0.2) is 4.98 Å². The van der Waals surface area contributed by atoms with Crippen LogP contribution in [0.4, 0.5) is 0 Å². The molecule has 0 atom stereocenters. The van der Waals surface area contributed by atoms with Gasteiger partial charge in [0.1, 0.15) is 11.5 Å². The van der Waals surface area contributed by atoms with E-state index in [0.717, 1.165) is 27.7 Å². The van der Waals surface area contributed by atoms with Crippen molar-refractivity contribution in [2.45, 2.75) is 6.92 Å². The van der Waals surface area contributed by atoms with Crippen molar-refractivity contribution in [2.75, 3.05) is 14.2 Å². The summed E-state index contributed by atoms with van der Waals surface area (Å²) in [6, 6.07) is 13.7. The second-order valence-corrected chi connectivity index (χ2v) is 5.44. The molecule has 0 spiro atoms. The number of nitrogens with zero attached hydrogens (tertiary/aromatic N) is 1. The first-order valence-electron chi connectivity index (χ1n) is 6.92. The molecule has 1 heterocycles. The average molecular weight is 314 g/mol. The SMILES string of the molecule is COc1cc(OC)c(-c2cc(C)c3ccccc3n2)cc1Cl. The number of ether oxygens (including phenoxy) is 2. The second-order valence-electron chi connectivity index (χ2n) is 5.03. The summed E-state index contributed by atoms with van der Waals surface area (Å²) < 4.78 is 10.7. The topological polar surface area (TPSA) is 31.4 Å². The van der Waals surface area contributed by atoms with E-state index in [-0.39, 0.29) is 0 Å². The highest BCUT2D eigenvalue weighted by Gasteiger charge is 2.14. The first-order chi connectivity index (χ1) is 10.6. The summed E-state index contributed by atoms with van der Waals surface area (Å²) >= 11 is 6.26. The van der Waals surface area contributed by atoms with Crippen molar-refractivity contribution in [2.24, 2.45) is 0 Å². The molecule has 0 fully saturated rings. The summed E-state index contributed by atoms with van der Waals surface area (Å²) in [6.07, 6.45) is 0. The molecular weight excluding hydrogens is 298 g/mol. The zero-order valence-corrected chi connectivity index (χ0v) is 13.4. The Morgan fingerprint density at radius 1 is 0.955 bits per heavy atom. The van der Waals surface area contributed by atoms with Crippen LogP contribution in [0, 0.1) is 6.92 Å². The summed E-state index contributed by atoms with van der Waals surface area (Å²) in [5.74, 6) is 1.27. The van der Waals surface area contributed by atoms with Crippen molar-refractivity contribution in [1.82, 2.24) is 4.98 Å². The molecule has 0 amide bonds. The van der Waals surface area contributed by atoms with Gasteiger partial charge in [-0.1, -0.05) is 29.8 Å². The lowest BCUT2D eigenvalue weighted by Gasteiger charge is -2.13. The van der Waals surface area contributed by atoms with Crippen LogP contribution < -0.4 is 9.47 Å². The summed E-state index contributed by atoms with van der Waals surface area (Å²) in [6.45, 7) is 2.07. The van der Waals surface area contributed by atoms with Crippen LogP contribution in [0.2, 0.25) is 5.02 Å². The van der Waals surface area contributed by atoms with Gasteiger partial charge in [-0.2, -0.15) is 0 Å². The number of benzene rings is 2. The smallest absolute Gasteiger partial charge is 0.141 e. The maximum Gasteiger partial charge on any atom is 0.141 e. The lowest BCUT2D eigenvalue weighted by molar-refractivity contribution is 0.395. The normalized spacial score (nSPS) is 10.7. The molecule has 3 rings (SSSR count). The van der Waals surface area contributed by atoms with Gasteiger partial charge >= 0.3 is 0 Å². The number of hydrogen-bond donors (Lipinski definition) is 0. The number of rotatable bonds is 3. The van der Waals surface area contributed by atoms with Crippen molar-refractivity contribution in [3.05, 3.63) is 53.1 Å². The van der Waals surface area contributed by atoms with Gasteiger partial charge in [0.05, 0.1) is 30.5 Å². The number of methoxy groups -OCH3 is 2. The van der Waals surface area contributed by atoms with Gasteiger partial charge in [-0.3, -0.25) is 0 Å². The van der Waals surface area contributed by atoms with E-state index < -0.39 is 0 Å². The highest BCUT2D eigenvalue weighted by atomic mass is 35.5. The van der Waals surface area contributed by atoms with E-state index in [4.69, 9.17) is 26.1 Å². The van der Waals surface area contributed by atoms with E-state index in [9.17, 15) is 0 Å². The number of halogens is 1. The molecule has 0 N–H and O–H groups in total. The van der Waals surface area contributed by atoms with Crippen molar-refractivity contribution in [3.63, 3.8) is 0 Å². The summed E-state index contributed by atoms with van der Waals surface area (Å²) in [7, 11) is 3.21. The molecule has 0 radical (unpaired) electrons. The minimum Gasteiger partial charge on any atom is -0.496 e. The van der Waals surface area contributed by atoms with Gasteiger partial charge in [0.25, 0.3) is 0 Å². The molecule has 4 heteroatoms. The van der Waals surface area contributed by atoms with Crippen LogP contribution >= 0.6 is 11.6 Å². The predicted molar refractivity (Wildman–Crippen MR) is 90.0 cm³/mol. The van der Waals surface area contributed by atoms with Crippen LogP contribution in [0.1, 0.15) is 5.56 Å². The molecule has 0 unspecified atom stereocenters. The van der Waals surface area contributed by atoms with Crippen LogP contribution in [0.5, 0.6) is 11.5 Å². The Balaban J connectivity index is 2.25. The summed E-state index contributed by atoms with van der Waals surface area (Å²) in [5.41, 5.74) is 3.79. The highest BCUT2D eigenvalue weighted by Crippen LogP contribution is 2.38. The Morgan fingerprint density at radius 3 is 2.41 bits per heavy atom. The molecule has 0 saturated heterocycles. The number of aryl methyl sites for hydroxylation is 1. The number of para-hydroxylation sites is 1. The van der Waals surface area contributed by atoms with Crippen LogP contribution in [0.25, 0.3) is 22.2 Å². The lowest BCUT2D eigenvalue weighted by Crippen LogP contribution is -1.94. The Kier molecular flexibility index (Phi) is 3.90. The summed E-state index contributed by atoms with van der Waals surface area (Å²) in [5, 5.41) is 1.68. The Bertz CT molecular complexity index is 846. The van der Waals surface area contributed by atoms with Crippen LogP contribution in [0.3, 0.4) is 0 Å². The first kappa shape index (κ1) is 14.7. The maximum atomic E-state index is 6.26. The van der Waals surface area contributed by atoms with E-state index >= 15 is 0 Å². The standard InChI is InChI=1S/C18H16ClNO2/c1-11-8-16(20-15-7-5-4-6-12(11)15)13-9-14(19)18(22-3)10-17(13)21-2/h4-10H,1-3H3. The third kappa shape index (κ3) is 2.48. The first-order valence-corrected chi connectivity index (χ1v) is 7.30. The van der Waals surface area contributed by atoms with Crippen LogP contribution in [-0.4, -0.2) is 19.2 Å². The third-order valence-electron chi connectivity index (χ3n) is 3.67. The number of hydrogen-bond acceptors (Lipinski definition) is 3. The zero-order valence-electron chi connectivity index (χ0n) is 12.7. The van der Waals surface area contributed by atoms with E-state index in [1.165, 1.54) is 0 Å². The third-order valence-corrected chi connectivity index (χ3v) is 3.97. The van der Waals surface area contributed by atoms with Crippen molar-refractivity contribution in [1.29, 1.82) is 0 Å². The van der Waals surface area contributed by atoms with Crippen molar-refractivity contribution in [3.8, 4) is 22.8 Å². The monoisotopic (exact) mass is 313 g/mol. The fraction of sp³-hybridized carbons (Fsp3) is 0.167. The van der Waals surface area contributed by atoms with Crippen molar-refractivity contribution >= 4 is 22.5 Å². The molecule has 0 saturated carbocycles. The number of pyridine rings is 1. The minimum atomic E-state index is 0.533. The molecular formula is C18H16ClNO2. The molecule has 0 aliphatic carbocycles. The molecule has 3 aromatic rings. The number of fused-ring (bicyclic) bond motifs is 1. The molecule has 2 aromatic carbocycles. The van der Waals surface area contributed by atoms with E-state index in [0.29, 0.717) is 16.5 Å². The molecule has 0 aliphatic rings. The van der Waals surface area contributed by atoms with Crippen molar-refractivity contribution < 1.29 is 9.47 Å². The zero-order chi connectivity index (χ0) is 15.7. The average Bonchev–Trinajstić information content (AvgIpc) is 2.54. The molecule has 22 heavy (non-hydrogen) atoms. The van der Waals surface area contributed by atoms with Crippen LogP contribution in [-0.2, 0) is 0 Å². The van der Waals surface area contributed by atoms with Gasteiger partial charge < -0.3 is 9.47 Å². The summed E-state index contributed by atoms with van der Waals surface area (Å²) in [4.78, 5) is 4.73. The Hall–Kier alpha value is -2.26. The molecule has 0 bridgehead atoms.